The Balaban J connectivity index is 1.41. The van der Waals surface area contributed by atoms with Gasteiger partial charge in [-0.15, -0.1) is 0 Å². The van der Waals surface area contributed by atoms with Gasteiger partial charge < -0.3 is 19.7 Å². The number of nitrogens with zero attached hydrogens (tertiary/aromatic N) is 2. The molecule has 2 aromatic carbocycles. The third-order valence-corrected chi connectivity index (χ3v) is 4.29. The van der Waals surface area contributed by atoms with E-state index in [9.17, 15) is 4.79 Å². The summed E-state index contributed by atoms with van der Waals surface area (Å²) in [6.45, 7) is 0.950. The predicted octanol–water partition coefficient (Wildman–Crippen LogP) is 3.70. The van der Waals surface area contributed by atoms with E-state index < -0.39 is 0 Å². The molecule has 0 atom stereocenters. The monoisotopic (exact) mass is 361 g/mol. The number of fused-ring (bicyclic) bond motifs is 1. The van der Waals surface area contributed by atoms with Crippen molar-refractivity contribution in [2.24, 2.45) is 0 Å². The maximum atomic E-state index is 12.4. The van der Waals surface area contributed by atoms with Crippen molar-refractivity contribution in [1.29, 1.82) is 0 Å². The molecule has 1 aliphatic rings. The highest BCUT2D eigenvalue weighted by molar-refractivity contribution is 6.04. The minimum atomic E-state index is -0.223. The number of nitrogens with one attached hydrogen (secondary N) is 1. The lowest BCUT2D eigenvalue weighted by molar-refractivity contribution is 0.102. The van der Waals surface area contributed by atoms with Gasteiger partial charge in [-0.3, -0.25) is 4.79 Å². The molecule has 0 unspecified atom stereocenters. The van der Waals surface area contributed by atoms with Crippen LogP contribution in [0.5, 0.6) is 11.5 Å². The molecule has 6 nitrogen and oxygen atoms in total. The van der Waals surface area contributed by atoms with Crippen molar-refractivity contribution < 1.29 is 14.3 Å². The molecule has 0 spiro atoms. The minimum Gasteiger partial charge on any atom is -0.454 e. The summed E-state index contributed by atoms with van der Waals surface area (Å²) in [4.78, 5) is 18.9. The van der Waals surface area contributed by atoms with E-state index in [2.05, 4.69) is 22.4 Å². The molecule has 4 rings (SSSR count). The number of hydrogen-bond donors (Lipinski definition) is 1. The third-order valence-electron chi connectivity index (χ3n) is 4.29. The van der Waals surface area contributed by atoms with E-state index in [-0.39, 0.29) is 12.7 Å². The van der Waals surface area contributed by atoms with Crippen LogP contribution in [-0.2, 0) is 6.54 Å². The molecule has 3 aromatic rings. The number of hydrogen-bond acceptors (Lipinski definition) is 5. The molecule has 1 aliphatic heterocycles. The SMILES string of the molecule is CN(Cc1ccccc1)c1ccc(C(=O)Nc2ccc3c(c2)OCO3)cn1. The van der Waals surface area contributed by atoms with Gasteiger partial charge in [-0.1, -0.05) is 30.3 Å². The summed E-state index contributed by atoms with van der Waals surface area (Å²) < 4.78 is 10.6. The Labute approximate surface area is 157 Å². The summed E-state index contributed by atoms with van der Waals surface area (Å²) in [5.74, 6) is 1.89. The van der Waals surface area contributed by atoms with Gasteiger partial charge in [0.25, 0.3) is 5.91 Å². The lowest BCUT2D eigenvalue weighted by Gasteiger charge is -2.18. The second kappa shape index (κ2) is 7.37. The zero-order valence-corrected chi connectivity index (χ0v) is 14.9. The summed E-state index contributed by atoms with van der Waals surface area (Å²) in [6, 6.07) is 19.1. The zero-order chi connectivity index (χ0) is 18.6. The van der Waals surface area contributed by atoms with Gasteiger partial charge in [0.1, 0.15) is 5.82 Å². The van der Waals surface area contributed by atoms with Crippen LogP contribution < -0.4 is 19.7 Å². The van der Waals surface area contributed by atoms with Crippen LogP contribution in [0, 0.1) is 0 Å². The first-order valence-corrected chi connectivity index (χ1v) is 8.61. The summed E-state index contributed by atoms with van der Waals surface area (Å²) in [6.07, 6.45) is 1.58. The number of carbonyl (C=O) groups excluding carboxylic acids is 1. The van der Waals surface area contributed by atoms with Crippen LogP contribution in [0.15, 0.2) is 66.9 Å². The maximum absolute atomic E-state index is 12.4. The van der Waals surface area contributed by atoms with Crippen LogP contribution in [0.4, 0.5) is 11.5 Å². The molecule has 136 valence electrons. The van der Waals surface area contributed by atoms with Gasteiger partial charge in [0.05, 0.1) is 5.56 Å². The Morgan fingerprint density at radius 1 is 1.07 bits per heavy atom. The van der Waals surface area contributed by atoms with Gasteiger partial charge >= 0.3 is 0 Å². The second-order valence-electron chi connectivity index (χ2n) is 6.27. The van der Waals surface area contributed by atoms with Gasteiger partial charge in [0.2, 0.25) is 6.79 Å². The van der Waals surface area contributed by atoms with E-state index in [1.54, 1.807) is 30.5 Å². The van der Waals surface area contributed by atoms with Gasteiger partial charge in [0.15, 0.2) is 11.5 Å². The lowest BCUT2D eigenvalue weighted by Crippen LogP contribution is -2.18. The van der Waals surface area contributed by atoms with E-state index in [4.69, 9.17) is 9.47 Å². The van der Waals surface area contributed by atoms with Crippen LogP contribution >= 0.6 is 0 Å². The van der Waals surface area contributed by atoms with Crippen LogP contribution in [-0.4, -0.2) is 24.7 Å². The molecule has 2 heterocycles. The molecule has 1 aromatic heterocycles. The minimum absolute atomic E-state index is 0.203. The highest BCUT2D eigenvalue weighted by Gasteiger charge is 2.15. The Morgan fingerprint density at radius 2 is 1.89 bits per heavy atom. The molecule has 0 bridgehead atoms. The zero-order valence-electron chi connectivity index (χ0n) is 14.9. The fourth-order valence-corrected chi connectivity index (χ4v) is 2.86. The van der Waals surface area contributed by atoms with Crippen LogP contribution in [0.25, 0.3) is 0 Å². The average molecular weight is 361 g/mol. The number of pyridine rings is 1. The second-order valence-corrected chi connectivity index (χ2v) is 6.27. The molecule has 0 radical (unpaired) electrons. The largest absolute Gasteiger partial charge is 0.454 e. The van der Waals surface area contributed by atoms with Crippen molar-refractivity contribution >= 4 is 17.4 Å². The summed E-state index contributed by atoms with van der Waals surface area (Å²) in [7, 11) is 1.97. The van der Waals surface area contributed by atoms with E-state index in [1.165, 1.54) is 5.56 Å². The van der Waals surface area contributed by atoms with Gasteiger partial charge in [-0.2, -0.15) is 0 Å². The predicted molar refractivity (Wildman–Crippen MR) is 103 cm³/mol. The van der Waals surface area contributed by atoms with E-state index in [0.29, 0.717) is 22.7 Å². The Kier molecular flexibility index (Phi) is 4.61. The van der Waals surface area contributed by atoms with Crippen molar-refractivity contribution in [3.05, 3.63) is 78.0 Å². The quantitative estimate of drug-likeness (QED) is 0.751. The van der Waals surface area contributed by atoms with E-state index >= 15 is 0 Å². The Hall–Kier alpha value is -3.54. The van der Waals surface area contributed by atoms with Crippen molar-refractivity contribution in [1.82, 2.24) is 4.98 Å². The first kappa shape index (κ1) is 16.9. The number of ether oxygens (including phenoxy) is 2. The number of anilines is 2. The number of benzene rings is 2. The Morgan fingerprint density at radius 3 is 2.67 bits per heavy atom. The standard InChI is InChI=1S/C21H19N3O3/c1-24(13-15-5-3-2-4-6-15)20-10-7-16(12-22-20)21(25)23-17-8-9-18-19(11-17)27-14-26-18/h2-12H,13-14H2,1H3,(H,23,25). The van der Waals surface area contributed by atoms with Crippen LogP contribution in [0.2, 0.25) is 0 Å². The molecule has 0 aliphatic carbocycles. The molecule has 0 fully saturated rings. The highest BCUT2D eigenvalue weighted by Crippen LogP contribution is 2.34. The molecule has 1 N–H and O–H groups in total. The normalized spacial score (nSPS) is 11.9. The molecule has 27 heavy (non-hydrogen) atoms. The maximum Gasteiger partial charge on any atom is 0.257 e. The highest BCUT2D eigenvalue weighted by atomic mass is 16.7. The van der Waals surface area contributed by atoms with Crippen molar-refractivity contribution in [3.8, 4) is 11.5 Å². The first-order chi connectivity index (χ1) is 13.2. The summed E-state index contributed by atoms with van der Waals surface area (Å²) in [5.41, 5.74) is 2.34. The first-order valence-electron chi connectivity index (χ1n) is 8.61. The van der Waals surface area contributed by atoms with E-state index in [0.717, 1.165) is 12.4 Å². The molecule has 0 saturated carbocycles. The Bertz CT molecular complexity index is 943. The van der Waals surface area contributed by atoms with Crippen molar-refractivity contribution in [2.75, 3.05) is 24.1 Å². The topological polar surface area (TPSA) is 63.7 Å². The lowest BCUT2D eigenvalue weighted by atomic mass is 10.2. The molecule has 6 heteroatoms. The average Bonchev–Trinajstić information content (AvgIpc) is 3.16. The van der Waals surface area contributed by atoms with E-state index in [1.807, 2.05) is 36.2 Å². The third kappa shape index (κ3) is 3.84. The number of amides is 1. The molecular weight excluding hydrogens is 342 g/mol. The fourth-order valence-electron chi connectivity index (χ4n) is 2.86. The van der Waals surface area contributed by atoms with Crippen LogP contribution in [0.1, 0.15) is 15.9 Å². The van der Waals surface area contributed by atoms with Crippen molar-refractivity contribution in [3.63, 3.8) is 0 Å². The summed E-state index contributed by atoms with van der Waals surface area (Å²) in [5, 5.41) is 2.85. The number of aromatic nitrogens is 1. The van der Waals surface area contributed by atoms with Gasteiger partial charge in [0, 0.05) is 31.5 Å². The molecular formula is C21H19N3O3. The summed E-state index contributed by atoms with van der Waals surface area (Å²) >= 11 is 0. The van der Waals surface area contributed by atoms with Crippen molar-refractivity contribution in [2.45, 2.75) is 6.54 Å². The molecule has 0 saturated heterocycles. The number of rotatable bonds is 5. The number of carbonyl (C=O) groups is 1. The fraction of sp³-hybridized carbons (Fsp3) is 0.143. The van der Waals surface area contributed by atoms with Gasteiger partial charge in [-0.05, 0) is 29.8 Å². The smallest absolute Gasteiger partial charge is 0.257 e. The molecule has 1 amide bonds. The van der Waals surface area contributed by atoms with Gasteiger partial charge in [-0.25, -0.2) is 4.98 Å². The van der Waals surface area contributed by atoms with Crippen LogP contribution in [0.3, 0.4) is 0 Å².